The minimum atomic E-state index is -0.557. The van der Waals surface area contributed by atoms with E-state index in [2.05, 4.69) is 38.1 Å². The number of benzene rings is 2. The van der Waals surface area contributed by atoms with Gasteiger partial charge in [-0.05, 0) is 42.7 Å². The van der Waals surface area contributed by atoms with E-state index in [1.54, 1.807) is 25.8 Å². The fraction of sp³-hybridized carbons (Fsp3) is 0.333. The number of hydrogen-bond acceptors (Lipinski definition) is 3. The molecule has 2 rings (SSSR count). The van der Waals surface area contributed by atoms with Crippen LogP contribution in [0.1, 0.15) is 43.9 Å². The summed E-state index contributed by atoms with van der Waals surface area (Å²) in [6.45, 7) is 6.15. The van der Waals surface area contributed by atoms with Gasteiger partial charge in [0.05, 0.1) is 13.2 Å². The highest BCUT2D eigenvalue weighted by Gasteiger charge is 2.15. The molecule has 112 valence electrons. The zero-order valence-electron chi connectivity index (χ0n) is 13.0. The third-order valence-corrected chi connectivity index (χ3v) is 4.52. The summed E-state index contributed by atoms with van der Waals surface area (Å²) in [6, 6.07) is 14.4. The minimum absolute atomic E-state index is 0.536. The van der Waals surface area contributed by atoms with E-state index in [0.717, 1.165) is 21.1 Å². The van der Waals surface area contributed by atoms with Crippen LogP contribution in [0.4, 0.5) is 0 Å². The Labute approximate surface area is 131 Å². The van der Waals surface area contributed by atoms with Crippen LogP contribution in [0.25, 0.3) is 0 Å². The van der Waals surface area contributed by atoms with Gasteiger partial charge in [-0.25, -0.2) is 0 Å². The summed E-state index contributed by atoms with van der Waals surface area (Å²) in [6.07, 6.45) is -0.557. The Balaban J connectivity index is 2.30. The maximum absolute atomic E-state index is 10.0. The van der Waals surface area contributed by atoms with Crippen molar-refractivity contribution in [1.82, 2.24) is 0 Å². The van der Waals surface area contributed by atoms with Crippen LogP contribution >= 0.6 is 11.8 Å². The van der Waals surface area contributed by atoms with Crippen LogP contribution < -0.4 is 4.74 Å². The molecule has 0 aliphatic carbocycles. The third kappa shape index (κ3) is 3.80. The molecule has 2 aromatic rings. The van der Waals surface area contributed by atoms with E-state index in [4.69, 9.17) is 4.74 Å². The summed E-state index contributed by atoms with van der Waals surface area (Å²) in [7, 11) is 1.63. The molecule has 1 N–H and O–H groups in total. The van der Waals surface area contributed by atoms with Gasteiger partial charge in [-0.2, -0.15) is 0 Å². The van der Waals surface area contributed by atoms with Crippen molar-refractivity contribution in [2.45, 2.75) is 42.6 Å². The second-order valence-corrected chi connectivity index (χ2v) is 6.49. The molecule has 0 fully saturated rings. The predicted molar refractivity (Wildman–Crippen MR) is 88.3 cm³/mol. The molecule has 0 radical (unpaired) electrons. The average Bonchev–Trinajstić information content (AvgIpc) is 2.47. The average molecular weight is 302 g/mol. The quantitative estimate of drug-likeness (QED) is 0.840. The van der Waals surface area contributed by atoms with E-state index < -0.39 is 6.10 Å². The first kappa shape index (κ1) is 15.9. The third-order valence-electron chi connectivity index (χ3n) is 3.44. The van der Waals surface area contributed by atoms with E-state index in [-0.39, 0.29) is 0 Å². The number of ether oxygens (including phenoxy) is 1. The molecule has 0 heterocycles. The highest BCUT2D eigenvalue weighted by Crippen LogP contribution is 2.38. The van der Waals surface area contributed by atoms with E-state index in [9.17, 15) is 5.11 Å². The molecule has 0 aliphatic heterocycles. The predicted octanol–water partition coefficient (Wildman–Crippen LogP) is 5.02. The van der Waals surface area contributed by atoms with Gasteiger partial charge in [-0.15, -0.1) is 0 Å². The van der Waals surface area contributed by atoms with Crippen molar-refractivity contribution in [1.29, 1.82) is 0 Å². The van der Waals surface area contributed by atoms with E-state index in [1.807, 2.05) is 18.2 Å². The highest BCUT2D eigenvalue weighted by atomic mass is 32.2. The van der Waals surface area contributed by atoms with Gasteiger partial charge in [0.2, 0.25) is 0 Å². The molecular weight excluding hydrogens is 280 g/mol. The second kappa shape index (κ2) is 7.01. The summed E-state index contributed by atoms with van der Waals surface area (Å²) in [5, 5.41) is 10.0. The lowest BCUT2D eigenvalue weighted by molar-refractivity contribution is 0.191. The van der Waals surface area contributed by atoms with Crippen LogP contribution in [0.5, 0.6) is 5.75 Å². The molecule has 0 aliphatic rings. The smallest absolute Gasteiger partial charge is 0.125 e. The molecule has 21 heavy (non-hydrogen) atoms. The number of methoxy groups -OCH3 is 1. The Kier molecular flexibility index (Phi) is 5.32. The molecule has 0 unspecified atom stereocenters. The van der Waals surface area contributed by atoms with Gasteiger partial charge >= 0.3 is 0 Å². The molecule has 0 amide bonds. The largest absolute Gasteiger partial charge is 0.496 e. The first-order valence-electron chi connectivity index (χ1n) is 7.15. The Morgan fingerprint density at radius 3 is 2.19 bits per heavy atom. The molecular formula is C18H22O2S. The fourth-order valence-electron chi connectivity index (χ4n) is 2.25. The zero-order valence-corrected chi connectivity index (χ0v) is 13.8. The summed E-state index contributed by atoms with van der Waals surface area (Å²) in [5.41, 5.74) is 2.18. The maximum atomic E-state index is 10.0. The standard InChI is InChI=1S/C18H22O2S/c1-12(2)14-8-10-15(11-9-14)21-17-7-5-6-16(20-4)18(17)13(3)19/h5-13,19H,1-4H3/t13-/m1/s1. The van der Waals surface area contributed by atoms with Gasteiger partial charge in [0, 0.05) is 15.4 Å². The van der Waals surface area contributed by atoms with Crippen LogP contribution in [0.2, 0.25) is 0 Å². The Morgan fingerprint density at radius 2 is 1.67 bits per heavy atom. The minimum Gasteiger partial charge on any atom is -0.496 e. The molecule has 0 aromatic heterocycles. The Bertz CT molecular complexity index is 589. The van der Waals surface area contributed by atoms with Crippen molar-refractivity contribution in [3.63, 3.8) is 0 Å². The molecule has 0 saturated carbocycles. The molecule has 3 heteroatoms. The SMILES string of the molecule is COc1cccc(Sc2ccc(C(C)C)cc2)c1[C@@H](C)O. The Morgan fingerprint density at radius 1 is 1.00 bits per heavy atom. The molecule has 2 nitrogen and oxygen atoms in total. The lowest BCUT2D eigenvalue weighted by atomic mass is 10.0. The van der Waals surface area contributed by atoms with Crippen molar-refractivity contribution in [2.75, 3.05) is 7.11 Å². The molecule has 2 aromatic carbocycles. The lowest BCUT2D eigenvalue weighted by Gasteiger charge is -2.16. The maximum Gasteiger partial charge on any atom is 0.125 e. The van der Waals surface area contributed by atoms with E-state index in [1.165, 1.54) is 5.56 Å². The Hall–Kier alpha value is -1.45. The molecule has 0 saturated heterocycles. The lowest BCUT2D eigenvalue weighted by Crippen LogP contribution is -1.98. The van der Waals surface area contributed by atoms with Gasteiger partial charge in [0.1, 0.15) is 5.75 Å². The first-order valence-corrected chi connectivity index (χ1v) is 7.97. The van der Waals surface area contributed by atoms with Gasteiger partial charge in [-0.1, -0.05) is 43.8 Å². The zero-order chi connectivity index (χ0) is 15.4. The summed E-state index contributed by atoms with van der Waals surface area (Å²) < 4.78 is 5.36. The number of hydrogen-bond donors (Lipinski definition) is 1. The summed E-state index contributed by atoms with van der Waals surface area (Å²) in [4.78, 5) is 2.19. The monoisotopic (exact) mass is 302 g/mol. The topological polar surface area (TPSA) is 29.5 Å². The van der Waals surface area contributed by atoms with Gasteiger partial charge in [0.25, 0.3) is 0 Å². The van der Waals surface area contributed by atoms with Gasteiger partial charge in [-0.3, -0.25) is 0 Å². The van der Waals surface area contributed by atoms with Crippen LogP contribution in [0, 0.1) is 0 Å². The number of aliphatic hydroxyl groups excluding tert-OH is 1. The number of aliphatic hydroxyl groups is 1. The van der Waals surface area contributed by atoms with Crippen LogP contribution in [-0.2, 0) is 0 Å². The summed E-state index contributed by atoms with van der Waals surface area (Å²) in [5.74, 6) is 1.27. The van der Waals surface area contributed by atoms with Gasteiger partial charge < -0.3 is 9.84 Å². The molecule has 1 atom stereocenters. The first-order chi connectivity index (χ1) is 10.0. The van der Waals surface area contributed by atoms with Crippen molar-refractivity contribution < 1.29 is 9.84 Å². The highest BCUT2D eigenvalue weighted by molar-refractivity contribution is 7.99. The van der Waals surface area contributed by atoms with Crippen LogP contribution in [-0.4, -0.2) is 12.2 Å². The fourth-order valence-corrected chi connectivity index (χ4v) is 3.30. The van der Waals surface area contributed by atoms with Gasteiger partial charge in [0.15, 0.2) is 0 Å². The normalized spacial score (nSPS) is 12.5. The van der Waals surface area contributed by atoms with E-state index in [0.29, 0.717) is 5.92 Å². The van der Waals surface area contributed by atoms with Crippen molar-refractivity contribution in [3.05, 3.63) is 53.6 Å². The van der Waals surface area contributed by atoms with E-state index >= 15 is 0 Å². The van der Waals surface area contributed by atoms with Crippen LogP contribution in [0.3, 0.4) is 0 Å². The number of rotatable bonds is 5. The van der Waals surface area contributed by atoms with Crippen molar-refractivity contribution >= 4 is 11.8 Å². The van der Waals surface area contributed by atoms with Crippen molar-refractivity contribution in [2.24, 2.45) is 0 Å². The van der Waals surface area contributed by atoms with Crippen LogP contribution in [0.15, 0.2) is 52.3 Å². The summed E-state index contributed by atoms with van der Waals surface area (Å²) >= 11 is 1.65. The van der Waals surface area contributed by atoms with Crippen molar-refractivity contribution in [3.8, 4) is 5.75 Å². The molecule has 0 spiro atoms. The second-order valence-electron chi connectivity index (χ2n) is 5.37. The molecule has 0 bridgehead atoms.